The monoisotopic (exact) mass is 489 g/mol. The van der Waals surface area contributed by atoms with Gasteiger partial charge in [0, 0.05) is 27.6 Å². The van der Waals surface area contributed by atoms with Crippen LogP contribution in [0.2, 0.25) is 0 Å². The van der Waals surface area contributed by atoms with Gasteiger partial charge in [-0.05, 0) is 70.7 Å². The van der Waals surface area contributed by atoms with E-state index in [0.29, 0.717) is 6.54 Å². The average Bonchev–Trinajstić information content (AvgIpc) is 3.18. The molecule has 1 atom stereocenters. The molecular weight excluding hydrogens is 466 g/mol. The fourth-order valence-corrected chi connectivity index (χ4v) is 4.84. The number of ether oxygens (including phenoxy) is 1. The van der Waals surface area contributed by atoms with Gasteiger partial charge in [-0.25, -0.2) is 4.79 Å². The second kappa shape index (κ2) is 8.36. The number of aromatic nitrogens is 1. The first-order valence-corrected chi connectivity index (χ1v) is 11.4. The summed E-state index contributed by atoms with van der Waals surface area (Å²) in [6.45, 7) is 2.69. The number of H-pyrrole nitrogens is 1. The summed E-state index contributed by atoms with van der Waals surface area (Å²) in [7, 11) is 1.68. The number of hydrogen-bond donors (Lipinski definition) is 2. The minimum absolute atomic E-state index is 0.121. The summed E-state index contributed by atoms with van der Waals surface area (Å²) in [4.78, 5) is 19.0. The van der Waals surface area contributed by atoms with Crippen LogP contribution in [0, 0.1) is 6.92 Å². The number of nitrogens with one attached hydrogen (secondary N) is 2. The highest BCUT2D eigenvalue weighted by Crippen LogP contribution is 2.40. The number of hydrogen-bond acceptors (Lipinski definition) is 2. The van der Waals surface area contributed by atoms with E-state index < -0.39 is 0 Å². The molecule has 0 spiro atoms. The van der Waals surface area contributed by atoms with E-state index in [0.717, 1.165) is 44.5 Å². The van der Waals surface area contributed by atoms with E-state index in [1.807, 2.05) is 41.3 Å². The summed E-state index contributed by atoms with van der Waals surface area (Å²) in [5, 5.41) is 4.24. The molecule has 2 heterocycles. The number of methoxy groups -OCH3 is 1. The van der Waals surface area contributed by atoms with Gasteiger partial charge in [-0.15, -0.1) is 0 Å². The number of nitrogens with zero attached hydrogens (tertiary/aromatic N) is 1. The van der Waals surface area contributed by atoms with Gasteiger partial charge in [0.1, 0.15) is 5.75 Å². The van der Waals surface area contributed by atoms with Gasteiger partial charge in [0.2, 0.25) is 0 Å². The second-order valence-corrected chi connectivity index (χ2v) is 8.95. The van der Waals surface area contributed by atoms with Gasteiger partial charge in [-0.3, -0.25) is 0 Å². The first kappa shape index (κ1) is 20.6. The zero-order valence-electron chi connectivity index (χ0n) is 18.0. The molecule has 0 aliphatic carbocycles. The zero-order chi connectivity index (χ0) is 22.2. The number of carbonyl (C=O) groups excluding carboxylic acids is 1. The van der Waals surface area contributed by atoms with E-state index in [1.54, 1.807) is 7.11 Å². The normalized spacial score (nSPS) is 15.5. The van der Waals surface area contributed by atoms with E-state index >= 15 is 0 Å². The molecule has 0 unspecified atom stereocenters. The summed E-state index contributed by atoms with van der Waals surface area (Å²) >= 11 is 3.53. The molecule has 1 aliphatic heterocycles. The van der Waals surface area contributed by atoms with Crippen molar-refractivity contribution in [2.45, 2.75) is 19.4 Å². The quantitative estimate of drug-likeness (QED) is 0.348. The number of rotatable bonds is 3. The van der Waals surface area contributed by atoms with Crippen molar-refractivity contribution in [1.29, 1.82) is 0 Å². The van der Waals surface area contributed by atoms with Crippen LogP contribution in [-0.4, -0.2) is 29.6 Å². The van der Waals surface area contributed by atoms with Crippen LogP contribution >= 0.6 is 15.9 Å². The van der Waals surface area contributed by atoms with Crippen molar-refractivity contribution in [3.05, 3.63) is 93.6 Å². The number of urea groups is 1. The highest BCUT2D eigenvalue weighted by molar-refractivity contribution is 9.10. The Labute approximate surface area is 195 Å². The Morgan fingerprint density at radius 3 is 2.66 bits per heavy atom. The molecule has 0 bridgehead atoms. The topological polar surface area (TPSA) is 57.4 Å². The van der Waals surface area contributed by atoms with Crippen LogP contribution in [0.1, 0.15) is 28.4 Å². The lowest BCUT2D eigenvalue weighted by Crippen LogP contribution is -2.43. The van der Waals surface area contributed by atoms with Crippen LogP contribution in [0.5, 0.6) is 5.75 Å². The van der Waals surface area contributed by atoms with E-state index in [1.165, 1.54) is 11.1 Å². The third kappa shape index (κ3) is 3.65. The van der Waals surface area contributed by atoms with Crippen molar-refractivity contribution in [2.75, 3.05) is 19.0 Å². The molecule has 5 rings (SSSR count). The van der Waals surface area contributed by atoms with Gasteiger partial charge in [0.15, 0.2) is 0 Å². The predicted molar refractivity (Wildman–Crippen MR) is 131 cm³/mol. The molecule has 0 saturated carbocycles. The molecule has 32 heavy (non-hydrogen) atoms. The number of benzene rings is 3. The smallest absolute Gasteiger partial charge is 0.322 e. The molecule has 0 radical (unpaired) electrons. The van der Waals surface area contributed by atoms with Crippen LogP contribution in [0.25, 0.3) is 10.9 Å². The van der Waals surface area contributed by atoms with E-state index in [-0.39, 0.29) is 12.1 Å². The Bertz CT molecular complexity index is 1300. The SMILES string of the molecule is COc1ccc2[nH]c3c(c2c1)CCN(C(=O)Nc1ccccc1Br)[C@H]3c1ccc(C)cc1. The van der Waals surface area contributed by atoms with Crippen LogP contribution in [-0.2, 0) is 6.42 Å². The summed E-state index contributed by atoms with van der Waals surface area (Å²) < 4.78 is 6.31. The summed E-state index contributed by atoms with van der Waals surface area (Å²) in [6.07, 6.45) is 0.772. The first-order chi connectivity index (χ1) is 15.5. The first-order valence-electron chi connectivity index (χ1n) is 10.6. The fraction of sp³-hybridized carbons (Fsp3) is 0.192. The average molecular weight is 490 g/mol. The third-order valence-electron chi connectivity index (χ3n) is 6.10. The fourth-order valence-electron chi connectivity index (χ4n) is 4.46. The van der Waals surface area contributed by atoms with Gasteiger partial charge < -0.3 is 19.9 Å². The van der Waals surface area contributed by atoms with Crippen LogP contribution in [0.15, 0.2) is 71.2 Å². The molecule has 5 nitrogen and oxygen atoms in total. The Morgan fingerprint density at radius 1 is 1.12 bits per heavy atom. The van der Waals surface area contributed by atoms with E-state index in [9.17, 15) is 4.79 Å². The molecule has 0 fully saturated rings. The molecule has 2 N–H and O–H groups in total. The number of amides is 2. The number of carbonyl (C=O) groups is 1. The van der Waals surface area contributed by atoms with Crippen LogP contribution in [0.4, 0.5) is 10.5 Å². The zero-order valence-corrected chi connectivity index (χ0v) is 19.6. The molecule has 2 amide bonds. The minimum atomic E-state index is -0.208. The number of anilines is 1. The molecule has 4 aromatic rings. The largest absolute Gasteiger partial charge is 0.497 e. The van der Waals surface area contributed by atoms with Crippen LogP contribution in [0.3, 0.4) is 0 Å². The van der Waals surface area contributed by atoms with Crippen molar-refractivity contribution < 1.29 is 9.53 Å². The Balaban J connectivity index is 1.59. The number of aromatic amines is 1. The molecule has 0 saturated heterocycles. The third-order valence-corrected chi connectivity index (χ3v) is 6.80. The van der Waals surface area contributed by atoms with Gasteiger partial charge in [0.05, 0.1) is 18.8 Å². The molecular formula is C26H24BrN3O2. The highest BCUT2D eigenvalue weighted by atomic mass is 79.9. The van der Waals surface area contributed by atoms with E-state index in [2.05, 4.69) is 63.5 Å². The Kier molecular flexibility index (Phi) is 5.39. The standard InChI is InChI=1S/C26H24BrN3O2/c1-16-7-9-17(10-8-16)25-24-19(20-15-18(32-2)11-12-22(20)28-24)13-14-30(25)26(31)29-23-6-4-3-5-21(23)27/h3-12,15,25,28H,13-14H2,1-2H3,(H,29,31)/t25-/m0/s1. The summed E-state index contributed by atoms with van der Waals surface area (Å²) in [5.41, 5.74) is 6.39. The summed E-state index contributed by atoms with van der Waals surface area (Å²) in [6, 6.07) is 21.8. The maximum atomic E-state index is 13.5. The molecule has 1 aliphatic rings. The lowest BCUT2D eigenvalue weighted by molar-refractivity contribution is 0.193. The summed E-state index contributed by atoms with van der Waals surface area (Å²) in [5.74, 6) is 0.834. The maximum absolute atomic E-state index is 13.5. The predicted octanol–water partition coefficient (Wildman–Crippen LogP) is 6.43. The van der Waals surface area contributed by atoms with Gasteiger partial charge in [-0.2, -0.15) is 0 Å². The van der Waals surface area contributed by atoms with Gasteiger partial charge in [0.25, 0.3) is 0 Å². The Hall–Kier alpha value is -3.25. The van der Waals surface area contributed by atoms with Crippen molar-refractivity contribution in [3.8, 4) is 5.75 Å². The number of fused-ring (bicyclic) bond motifs is 3. The minimum Gasteiger partial charge on any atom is -0.497 e. The number of para-hydroxylation sites is 1. The number of halogens is 1. The van der Waals surface area contributed by atoms with Crippen molar-refractivity contribution in [2.24, 2.45) is 0 Å². The van der Waals surface area contributed by atoms with Gasteiger partial charge >= 0.3 is 6.03 Å². The maximum Gasteiger partial charge on any atom is 0.322 e. The van der Waals surface area contributed by atoms with Crippen molar-refractivity contribution in [3.63, 3.8) is 0 Å². The Morgan fingerprint density at radius 2 is 1.91 bits per heavy atom. The second-order valence-electron chi connectivity index (χ2n) is 8.10. The molecule has 3 aromatic carbocycles. The van der Waals surface area contributed by atoms with Crippen molar-refractivity contribution >= 4 is 38.6 Å². The molecule has 162 valence electrons. The highest BCUT2D eigenvalue weighted by Gasteiger charge is 2.34. The lowest BCUT2D eigenvalue weighted by Gasteiger charge is -2.36. The molecule has 1 aromatic heterocycles. The van der Waals surface area contributed by atoms with Crippen molar-refractivity contribution in [1.82, 2.24) is 9.88 Å². The van der Waals surface area contributed by atoms with Gasteiger partial charge in [-0.1, -0.05) is 42.0 Å². The lowest BCUT2D eigenvalue weighted by atomic mass is 9.92. The van der Waals surface area contributed by atoms with E-state index in [4.69, 9.17) is 4.74 Å². The molecule has 6 heteroatoms. The van der Waals surface area contributed by atoms with Crippen LogP contribution < -0.4 is 10.1 Å². The number of aryl methyl sites for hydroxylation is 1.